The van der Waals surface area contributed by atoms with Gasteiger partial charge < -0.3 is 14.6 Å². The Morgan fingerprint density at radius 2 is 1.95 bits per heavy atom. The molecule has 0 aromatic carbocycles. The molecule has 0 N–H and O–H groups in total. The lowest BCUT2D eigenvalue weighted by molar-refractivity contribution is -0.128. The van der Waals surface area contributed by atoms with E-state index in [0.29, 0.717) is 0 Å². The molecule has 3 rings (SSSR count). The number of nitrogens with zero attached hydrogens (tertiary/aromatic N) is 3. The van der Waals surface area contributed by atoms with E-state index in [-0.39, 0.29) is 5.91 Å². The van der Waals surface area contributed by atoms with Crippen molar-refractivity contribution in [1.29, 1.82) is 0 Å². The Labute approximate surface area is 125 Å². The summed E-state index contributed by atoms with van der Waals surface area (Å²) in [6, 6.07) is 0. The second kappa shape index (κ2) is 6.02. The Morgan fingerprint density at radius 1 is 1.19 bits per heavy atom. The monoisotopic (exact) mass is 289 g/mol. The highest BCUT2D eigenvalue weighted by Crippen LogP contribution is 2.35. The number of carbonyl (C=O) groups is 1. The van der Waals surface area contributed by atoms with Gasteiger partial charge in [0.1, 0.15) is 7.11 Å². The minimum absolute atomic E-state index is 0.225. The zero-order valence-electron chi connectivity index (χ0n) is 12.9. The molecule has 1 heterocycles. The maximum atomic E-state index is 12.6. The minimum atomic E-state index is 0.225. The van der Waals surface area contributed by atoms with Crippen LogP contribution in [0.1, 0.15) is 25.7 Å². The third kappa shape index (κ3) is 3.02. The molecular weight excluding hydrogens is 266 g/mol. The van der Waals surface area contributed by atoms with Gasteiger partial charge in [-0.2, -0.15) is 0 Å². The van der Waals surface area contributed by atoms with Crippen molar-refractivity contribution >= 4 is 11.6 Å². The summed E-state index contributed by atoms with van der Waals surface area (Å²) in [7, 11) is 3.69. The summed E-state index contributed by atoms with van der Waals surface area (Å²) in [4.78, 5) is 21.8. The fraction of sp³-hybridized carbons (Fsp3) is 0.625. The van der Waals surface area contributed by atoms with E-state index >= 15 is 0 Å². The first-order valence-corrected chi connectivity index (χ1v) is 7.65. The maximum Gasteiger partial charge on any atom is 0.250 e. The number of hydrogen-bond donors (Lipinski definition) is 0. The predicted octanol–water partition coefficient (Wildman–Crippen LogP) is 1.57. The normalized spacial score (nSPS) is 25.1. The van der Waals surface area contributed by atoms with E-state index in [0.717, 1.165) is 63.1 Å². The summed E-state index contributed by atoms with van der Waals surface area (Å²) in [5.41, 5.74) is 4.75. The first-order chi connectivity index (χ1) is 10.2. The summed E-state index contributed by atoms with van der Waals surface area (Å²) >= 11 is 0. The van der Waals surface area contributed by atoms with Gasteiger partial charge in [-0.15, -0.1) is 0 Å². The standard InChI is InChI=1S/C16H23N3O2/c1-18-5-7-19(8-6-18)16(20)14-9-12-3-4-15(17-21-2)11-13(12)10-14/h10H,3-9,11H2,1-2H3. The summed E-state index contributed by atoms with van der Waals surface area (Å²) in [6.07, 6.45) is 5.73. The van der Waals surface area contributed by atoms with Crippen LogP contribution in [0.4, 0.5) is 0 Å². The number of oxime groups is 1. The molecule has 0 bridgehead atoms. The molecule has 21 heavy (non-hydrogen) atoms. The minimum Gasteiger partial charge on any atom is -0.399 e. The van der Waals surface area contributed by atoms with Crippen LogP contribution in [0.15, 0.2) is 28.0 Å². The Balaban J connectivity index is 1.65. The van der Waals surface area contributed by atoms with Crippen molar-refractivity contribution < 1.29 is 9.63 Å². The van der Waals surface area contributed by atoms with Crippen molar-refractivity contribution in [3.05, 3.63) is 22.8 Å². The summed E-state index contributed by atoms with van der Waals surface area (Å²) in [6.45, 7) is 3.62. The molecule has 5 heteroatoms. The van der Waals surface area contributed by atoms with Gasteiger partial charge >= 0.3 is 0 Å². The van der Waals surface area contributed by atoms with Gasteiger partial charge in [0.25, 0.3) is 0 Å². The number of piperazine rings is 1. The largest absolute Gasteiger partial charge is 0.399 e. The number of allylic oxidation sites excluding steroid dienone is 3. The highest BCUT2D eigenvalue weighted by molar-refractivity contribution is 5.97. The van der Waals surface area contributed by atoms with Crippen molar-refractivity contribution in [3.63, 3.8) is 0 Å². The molecule has 1 saturated heterocycles. The number of hydrogen-bond acceptors (Lipinski definition) is 4. The van der Waals surface area contributed by atoms with Gasteiger partial charge in [-0.05, 0) is 38.0 Å². The lowest BCUT2D eigenvalue weighted by Crippen LogP contribution is -2.47. The first-order valence-electron chi connectivity index (χ1n) is 7.65. The predicted molar refractivity (Wildman–Crippen MR) is 82.1 cm³/mol. The van der Waals surface area contributed by atoms with Crippen LogP contribution < -0.4 is 0 Å². The van der Waals surface area contributed by atoms with Crippen molar-refractivity contribution in [2.75, 3.05) is 40.3 Å². The van der Waals surface area contributed by atoms with Crippen molar-refractivity contribution in [2.24, 2.45) is 5.16 Å². The Hall–Kier alpha value is -1.62. The highest BCUT2D eigenvalue weighted by atomic mass is 16.6. The van der Waals surface area contributed by atoms with E-state index in [2.05, 4.69) is 23.2 Å². The van der Waals surface area contributed by atoms with Crippen LogP contribution in [-0.2, 0) is 9.63 Å². The van der Waals surface area contributed by atoms with Crippen LogP contribution in [0, 0.1) is 0 Å². The third-order valence-electron chi connectivity index (χ3n) is 4.60. The molecule has 0 unspecified atom stereocenters. The quantitative estimate of drug-likeness (QED) is 0.725. The molecule has 114 valence electrons. The number of rotatable bonds is 2. The molecule has 1 amide bonds. The van der Waals surface area contributed by atoms with Crippen molar-refractivity contribution in [3.8, 4) is 0 Å². The Kier molecular flexibility index (Phi) is 4.10. The summed E-state index contributed by atoms with van der Waals surface area (Å²) in [5.74, 6) is 0.225. The topological polar surface area (TPSA) is 45.1 Å². The van der Waals surface area contributed by atoms with E-state index in [1.54, 1.807) is 7.11 Å². The Morgan fingerprint density at radius 3 is 2.67 bits per heavy atom. The van der Waals surface area contributed by atoms with Crippen LogP contribution in [0.5, 0.6) is 0 Å². The molecule has 0 radical (unpaired) electrons. The van der Waals surface area contributed by atoms with E-state index < -0.39 is 0 Å². The molecule has 0 spiro atoms. The first kappa shape index (κ1) is 14.3. The second-order valence-electron chi connectivity index (χ2n) is 6.09. The average molecular weight is 289 g/mol. The van der Waals surface area contributed by atoms with E-state index in [4.69, 9.17) is 4.84 Å². The Bertz CT molecular complexity index is 526. The van der Waals surface area contributed by atoms with Crippen LogP contribution >= 0.6 is 0 Å². The summed E-state index contributed by atoms with van der Waals surface area (Å²) < 4.78 is 0. The van der Waals surface area contributed by atoms with E-state index in [9.17, 15) is 4.79 Å². The molecule has 3 aliphatic rings. The lowest BCUT2D eigenvalue weighted by atomic mass is 9.92. The number of likely N-dealkylation sites (N-methyl/N-ethyl adjacent to an activating group) is 1. The molecule has 0 aromatic heterocycles. The number of amides is 1. The summed E-state index contributed by atoms with van der Waals surface area (Å²) in [5, 5.41) is 4.06. The molecule has 2 aliphatic carbocycles. The smallest absolute Gasteiger partial charge is 0.250 e. The van der Waals surface area contributed by atoms with Gasteiger partial charge in [0.15, 0.2) is 0 Å². The molecule has 0 atom stereocenters. The van der Waals surface area contributed by atoms with Gasteiger partial charge in [-0.3, -0.25) is 4.79 Å². The average Bonchev–Trinajstić information content (AvgIpc) is 2.91. The van der Waals surface area contributed by atoms with Crippen LogP contribution in [0.25, 0.3) is 0 Å². The van der Waals surface area contributed by atoms with Crippen LogP contribution in [0.2, 0.25) is 0 Å². The van der Waals surface area contributed by atoms with E-state index in [1.807, 2.05) is 4.90 Å². The fourth-order valence-corrected chi connectivity index (χ4v) is 3.29. The van der Waals surface area contributed by atoms with E-state index in [1.165, 1.54) is 11.1 Å². The fourth-order valence-electron chi connectivity index (χ4n) is 3.29. The molecule has 0 aromatic rings. The van der Waals surface area contributed by atoms with Crippen LogP contribution in [0.3, 0.4) is 0 Å². The van der Waals surface area contributed by atoms with Crippen molar-refractivity contribution in [1.82, 2.24) is 9.80 Å². The highest BCUT2D eigenvalue weighted by Gasteiger charge is 2.28. The van der Waals surface area contributed by atoms with Gasteiger partial charge in [0.05, 0.1) is 5.71 Å². The number of carbonyl (C=O) groups excluding carboxylic acids is 1. The van der Waals surface area contributed by atoms with Crippen LogP contribution in [-0.4, -0.2) is 61.8 Å². The molecule has 1 fully saturated rings. The molecule has 1 aliphatic heterocycles. The zero-order chi connectivity index (χ0) is 14.8. The lowest BCUT2D eigenvalue weighted by Gasteiger charge is -2.32. The zero-order valence-corrected chi connectivity index (χ0v) is 12.9. The maximum absolute atomic E-state index is 12.6. The van der Waals surface area contributed by atoms with Crippen molar-refractivity contribution in [2.45, 2.75) is 25.7 Å². The van der Waals surface area contributed by atoms with Gasteiger partial charge in [-0.25, -0.2) is 0 Å². The second-order valence-corrected chi connectivity index (χ2v) is 6.09. The van der Waals surface area contributed by atoms with Gasteiger partial charge in [0, 0.05) is 38.2 Å². The SMILES string of the molecule is CON=C1CCC2=C(C=C(C(=O)N3CCN(C)CC3)C2)C1. The molecule has 0 saturated carbocycles. The third-order valence-corrected chi connectivity index (χ3v) is 4.60. The molecular formula is C16H23N3O2. The van der Waals surface area contributed by atoms with Gasteiger partial charge in [0.2, 0.25) is 5.91 Å². The van der Waals surface area contributed by atoms with Gasteiger partial charge in [-0.1, -0.05) is 10.7 Å². The molecule has 5 nitrogen and oxygen atoms in total.